The lowest BCUT2D eigenvalue weighted by atomic mass is 10.2. The van der Waals surface area contributed by atoms with Crippen LogP contribution in [0.3, 0.4) is 0 Å². The van der Waals surface area contributed by atoms with Crippen LogP contribution in [-0.4, -0.2) is 17.6 Å². The second kappa shape index (κ2) is 6.39. The molecule has 0 atom stereocenters. The van der Waals surface area contributed by atoms with Crippen molar-refractivity contribution in [2.24, 2.45) is 0 Å². The lowest BCUT2D eigenvalue weighted by Gasteiger charge is -2.11. The van der Waals surface area contributed by atoms with Crippen LogP contribution in [0.4, 0.5) is 10.1 Å². The molecule has 0 unspecified atom stereocenters. The van der Waals surface area contributed by atoms with Crippen LogP contribution in [0.15, 0.2) is 42.5 Å². The Morgan fingerprint density at radius 2 is 2.10 bits per heavy atom. The maximum atomic E-state index is 13.6. The van der Waals surface area contributed by atoms with Crippen LogP contribution < -0.4 is 10.1 Å². The van der Waals surface area contributed by atoms with Crippen molar-refractivity contribution in [3.63, 3.8) is 0 Å². The Hall–Kier alpha value is -3.07. The van der Waals surface area contributed by atoms with Gasteiger partial charge in [-0.25, -0.2) is 4.39 Å². The molecule has 0 aromatic heterocycles. The number of carbonyl (C=O) groups excluding carboxylic acids is 1. The second-order valence-electron chi connectivity index (χ2n) is 4.06. The van der Waals surface area contributed by atoms with E-state index in [0.717, 1.165) is 6.07 Å². The van der Waals surface area contributed by atoms with E-state index in [4.69, 9.17) is 15.1 Å². The standard InChI is InChI=1S/C15H11FN2O3/c16-12-9-10(19)5-6-11(12)15(20)18-13-3-1-2-4-14(13)21-8-7-17/h1-6,9,19H,8H2,(H,18,20). The number of phenolic OH excluding ortho intramolecular Hbond substituents is 1. The third-order valence-electron chi connectivity index (χ3n) is 2.62. The van der Waals surface area contributed by atoms with E-state index < -0.39 is 11.7 Å². The summed E-state index contributed by atoms with van der Waals surface area (Å²) in [5.41, 5.74) is 0.119. The van der Waals surface area contributed by atoms with Gasteiger partial charge in [-0.1, -0.05) is 12.1 Å². The Bertz CT molecular complexity index is 710. The number of para-hydroxylation sites is 2. The number of amides is 1. The Morgan fingerprint density at radius 1 is 1.33 bits per heavy atom. The number of aromatic hydroxyl groups is 1. The molecule has 0 heterocycles. The summed E-state index contributed by atoms with van der Waals surface area (Å²) in [7, 11) is 0. The number of hydrogen-bond acceptors (Lipinski definition) is 4. The molecule has 21 heavy (non-hydrogen) atoms. The molecule has 0 radical (unpaired) electrons. The van der Waals surface area contributed by atoms with E-state index in [2.05, 4.69) is 5.32 Å². The highest BCUT2D eigenvalue weighted by atomic mass is 19.1. The van der Waals surface area contributed by atoms with Crippen molar-refractivity contribution in [2.45, 2.75) is 0 Å². The highest BCUT2D eigenvalue weighted by molar-refractivity contribution is 6.05. The molecule has 0 fully saturated rings. The Morgan fingerprint density at radius 3 is 2.81 bits per heavy atom. The van der Waals surface area contributed by atoms with Gasteiger partial charge in [0, 0.05) is 6.07 Å². The lowest BCUT2D eigenvalue weighted by molar-refractivity contribution is 0.102. The Labute approximate surface area is 120 Å². The Balaban J connectivity index is 2.22. The fourth-order valence-electron chi connectivity index (χ4n) is 1.68. The minimum atomic E-state index is -0.831. The first kappa shape index (κ1) is 14.3. The zero-order chi connectivity index (χ0) is 15.2. The molecule has 0 spiro atoms. The Kier molecular flexibility index (Phi) is 4.36. The fourth-order valence-corrected chi connectivity index (χ4v) is 1.68. The number of nitriles is 1. The molecule has 0 saturated carbocycles. The van der Waals surface area contributed by atoms with E-state index in [1.165, 1.54) is 12.1 Å². The highest BCUT2D eigenvalue weighted by Gasteiger charge is 2.14. The number of nitrogens with zero attached hydrogens (tertiary/aromatic N) is 1. The first-order chi connectivity index (χ1) is 10.1. The maximum absolute atomic E-state index is 13.6. The quantitative estimate of drug-likeness (QED) is 0.905. The zero-order valence-electron chi connectivity index (χ0n) is 10.8. The first-order valence-electron chi connectivity index (χ1n) is 6.00. The van der Waals surface area contributed by atoms with Crippen molar-refractivity contribution in [3.8, 4) is 17.6 Å². The van der Waals surface area contributed by atoms with E-state index >= 15 is 0 Å². The normalized spacial score (nSPS) is 9.71. The van der Waals surface area contributed by atoms with E-state index in [0.29, 0.717) is 11.4 Å². The summed E-state index contributed by atoms with van der Waals surface area (Å²) in [5.74, 6) is -1.46. The molecule has 106 valence electrons. The minimum absolute atomic E-state index is 0.166. The van der Waals surface area contributed by atoms with Crippen LogP contribution in [0.25, 0.3) is 0 Å². The van der Waals surface area contributed by atoms with Gasteiger partial charge in [-0.15, -0.1) is 0 Å². The number of hydrogen-bond donors (Lipinski definition) is 2. The summed E-state index contributed by atoms with van der Waals surface area (Å²) in [4.78, 5) is 12.0. The molecule has 2 aromatic carbocycles. The lowest BCUT2D eigenvalue weighted by Crippen LogP contribution is -2.14. The smallest absolute Gasteiger partial charge is 0.258 e. The molecule has 0 saturated heterocycles. The van der Waals surface area contributed by atoms with Crippen molar-refractivity contribution in [1.29, 1.82) is 5.26 Å². The van der Waals surface area contributed by atoms with Crippen LogP contribution in [0.1, 0.15) is 10.4 Å². The van der Waals surface area contributed by atoms with Gasteiger partial charge < -0.3 is 15.2 Å². The monoisotopic (exact) mass is 286 g/mol. The average Bonchev–Trinajstić information content (AvgIpc) is 2.46. The van der Waals surface area contributed by atoms with Crippen LogP contribution >= 0.6 is 0 Å². The summed E-state index contributed by atoms with van der Waals surface area (Å²) >= 11 is 0. The molecule has 0 aliphatic heterocycles. The average molecular weight is 286 g/mol. The van der Waals surface area contributed by atoms with Gasteiger partial charge in [-0.2, -0.15) is 5.26 Å². The third kappa shape index (κ3) is 3.48. The SMILES string of the molecule is N#CCOc1ccccc1NC(=O)c1ccc(O)cc1F. The summed E-state index contributed by atoms with van der Waals surface area (Å²) in [6.07, 6.45) is 0. The van der Waals surface area contributed by atoms with Crippen LogP contribution in [-0.2, 0) is 0 Å². The van der Waals surface area contributed by atoms with Gasteiger partial charge in [0.2, 0.25) is 0 Å². The molecular weight excluding hydrogens is 275 g/mol. The van der Waals surface area contributed by atoms with E-state index in [9.17, 15) is 9.18 Å². The fraction of sp³-hybridized carbons (Fsp3) is 0.0667. The van der Waals surface area contributed by atoms with Gasteiger partial charge in [0.25, 0.3) is 5.91 Å². The van der Waals surface area contributed by atoms with E-state index in [1.807, 2.05) is 6.07 Å². The van der Waals surface area contributed by atoms with Gasteiger partial charge in [0.1, 0.15) is 23.4 Å². The number of halogens is 1. The largest absolute Gasteiger partial charge is 0.508 e. The number of carbonyl (C=O) groups is 1. The molecule has 2 rings (SSSR count). The van der Waals surface area contributed by atoms with Crippen molar-refractivity contribution in [1.82, 2.24) is 0 Å². The summed E-state index contributed by atoms with van der Waals surface area (Å²) in [5, 5.41) is 20.1. The van der Waals surface area contributed by atoms with Crippen molar-refractivity contribution >= 4 is 11.6 Å². The number of anilines is 1. The number of nitrogens with one attached hydrogen (secondary N) is 1. The van der Waals surface area contributed by atoms with Crippen LogP contribution in [0.5, 0.6) is 11.5 Å². The van der Waals surface area contributed by atoms with Crippen molar-refractivity contribution in [3.05, 3.63) is 53.8 Å². The summed E-state index contributed by atoms with van der Waals surface area (Å²) < 4.78 is 18.8. The minimum Gasteiger partial charge on any atom is -0.508 e. The van der Waals surface area contributed by atoms with Gasteiger partial charge >= 0.3 is 0 Å². The van der Waals surface area contributed by atoms with Crippen LogP contribution in [0, 0.1) is 17.1 Å². The topological polar surface area (TPSA) is 82.3 Å². The molecule has 6 heteroatoms. The van der Waals surface area contributed by atoms with Gasteiger partial charge in [-0.05, 0) is 24.3 Å². The van der Waals surface area contributed by atoms with Crippen molar-refractivity contribution in [2.75, 3.05) is 11.9 Å². The summed E-state index contributed by atoms with van der Waals surface area (Å²) in [6.45, 7) is -0.166. The van der Waals surface area contributed by atoms with Gasteiger partial charge in [-0.3, -0.25) is 4.79 Å². The molecule has 2 N–H and O–H groups in total. The predicted octanol–water partition coefficient (Wildman–Crippen LogP) is 2.69. The number of benzene rings is 2. The number of phenols is 1. The first-order valence-corrected chi connectivity index (χ1v) is 6.00. The molecule has 5 nitrogen and oxygen atoms in total. The molecule has 0 aliphatic carbocycles. The molecule has 1 amide bonds. The maximum Gasteiger partial charge on any atom is 0.258 e. The van der Waals surface area contributed by atoms with Crippen LogP contribution in [0.2, 0.25) is 0 Å². The number of ether oxygens (including phenoxy) is 1. The van der Waals surface area contributed by atoms with Gasteiger partial charge in [0.15, 0.2) is 6.61 Å². The molecule has 2 aromatic rings. The second-order valence-corrected chi connectivity index (χ2v) is 4.06. The highest BCUT2D eigenvalue weighted by Crippen LogP contribution is 2.25. The van der Waals surface area contributed by atoms with Crippen molar-refractivity contribution < 1.29 is 19.0 Å². The predicted molar refractivity (Wildman–Crippen MR) is 73.6 cm³/mol. The number of rotatable bonds is 4. The molecule has 0 aliphatic rings. The zero-order valence-corrected chi connectivity index (χ0v) is 10.8. The molecular formula is C15H11FN2O3. The van der Waals surface area contributed by atoms with E-state index in [-0.39, 0.29) is 17.9 Å². The van der Waals surface area contributed by atoms with Gasteiger partial charge in [0.05, 0.1) is 11.3 Å². The molecule has 0 bridgehead atoms. The summed E-state index contributed by atoms with van der Waals surface area (Å²) in [6, 6.07) is 11.6. The third-order valence-corrected chi connectivity index (χ3v) is 2.62. The van der Waals surface area contributed by atoms with E-state index in [1.54, 1.807) is 24.3 Å².